The molecule has 0 aromatic heterocycles. The van der Waals surface area contributed by atoms with E-state index in [1.807, 2.05) is 218 Å². The van der Waals surface area contributed by atoms with Crippen LogP contribution in [0.15, 0.2) is 224 Å². The largest absolute Gasteiger partial charge is 0.424 e. The Bertz CT molecular complexity index is 2720. The van der Waals surface area contributed by atoms with Crippen molar-refractivity contribution in [1.29, 1.82) is 0 Å². The van der Waals surface area contributed by atoms with Crippen molar-refractivity contribution in [3.05, 3.63) is 263 Å². The van der Waals surface area contributed by atoms with Gasteiger partial charge in [0, 0.05) is 21.5 Å². The fourth-order valence-corrected chi connectivity index (χ4v) is 8.76. The van der Waals surface area contributed by atoms with E-state index in [0.717, 1.165) is 45.4 Å². The number of benzene rings is 9. The Hall–Kier alpha value is -7.56. The minimum absolute atomic E-state index is 0.390. The molecule has 0 radical (unpaired) electrons. The van der Waals surface area contributed by atoms with E-state index in [-0.39, 0.29) is 0 Å². The molecule has 0 aliphatic carbocycles. The van der Waals surface area contributed by atoms with E-state index >= 15 is 9.59 Å². The van der Waals surface area contributed by atoms with Crippen LogP contribution in [-0.4, -0.2) is 11.9 Å². The number of esters is 2. The van der Waals surface area contributed by atoms with Crippen LogP contribution < -0.4 is 9.47 Å². The number of rotatable bonds is 11. The van der Waals surface area contributed by atoms with Crippen LogP contribution in [0, 0.1) is 0 Å². The van der Waals surface area contributed by atoms with Gasteiger partial charge in [0.05, 0.1) is 0 Å². The highest BCUT2D eigenvalue weighted by Crippen LogP contribution is 2.48. The SMILES string of the molecule is CCc1ccc2c(OC(=O)C(c3ccccc3)(c3ccccc3)c3ccccc3)c3ccccc3c(OC(=O)C(c3ccccc3)(c3ccccc3)c3ccccc3)c2c1. The third-order valence-electron chi connectivity index (χ3n) is 11.6. The van der Waals surface area contributed by atoms with Crippen LogP contribution in [0.5, 0.6) is 11.5 Å². The van der Waals surface area contributed by atoms with E-state index in [1.165, 1.54) is 0 Å². The van der Waals surface area contributed by atoms with Crippen LogP contribution in [0.3, 0.4) is 0 Å². The average Bonchev–Trinajstić information content (AvgIpc) is 3.32. The lowest BCUT2D eigenvalue weighted by atomic mass is 9.69. The Balaban J connectivity index is 1.28. The zero-order valence-corrected chi connectivity index (χ0v) is 33.2. The predicted molar refractivity (Wildman–Crippen MR) is 241 cm³/mol. The van der Waals surface area contributed by atoms with Gasteiger partial charge in [-0.3, -0.25) is 0 Å². The number of hydrogen-bond acceptors (Lipinski definition) is 4. The van der Waals surface area contributed by atoms with Crippen molar-refractivity contribution < 1.29 is 19.1 Å². The molecule has 0 saturated heterocycles. The van der Waals surface area contributed by atoms with Crippen molar-refractivity contribution in [2.24, 2.45) is 0 Å². The summed E-state index contributed by atoms with van der Waals surface area (Å²) in [6.45, 7) is 2.09. The van der Waals surface area contributed by atoms with Crippen molar-refractivity contribution in [2.75, 3.05) is 0 Å². The highest BCUT2D eigenvalue weighted by molar-refractivity contribution is 6.14. The number of hydrogen-bond donors (Lipinski definition) is 0. The van der Waals surface area contributed by atoms with Crippen molar-refractivity contribution in [2.45, 2.75) is 24.2 Å². The summed E-state index contributed by atoms with van der Waals surface area (Å²) < 4.78 is 13.8. The second-order valence-corrected chi connectivity index (χ2v) is 14.9. The summed E-state index contributed by atoms with van der Waals surface area (Å²) in [7, 11) is 0. The van der Waals surface area contributed by atoms with Crippen molar-refractivity contribution in [3.63, 3.8) is 0 Å². The van der Waals surface area contributed by atoms with E-state index in [9.17, 15) is 0 Å². The molecule has 0 saturated carbocycles. The summed E-state index contributed by atoms with van der Waals surface area (Å²) >= 11 is 0. The Kier molecular flexibility index (Phi) is 10.4. The fourth-order valence-electron chi connectivity index (χ4n) is 8.76. The average molecular weight is 779 g/mol. The number of aryl methyl sites for hydroxylation is 1. The predicted octanol–water partition coefficient (Wildman–Crippen LogP) is 12.4. The lowest BCUT2D eigenvalue weighted by Crippen LogP contribution is -2.42. The lowest BCUT2D eigenvalue weighted by molar-refractivity contribution is -0.138. The number of fused-ring (bicyclic) bond motifs is 2. The molecular formula is C56H42O4. The van der Waals surface area contributed by atoms with Gasteiger partial charge in [0.1, 0.15) is 22.3 Å². The molecule has 9 rings (SSSR count). The molecule has 0 unspecified atom stereocenters. The summed E-state index contributed by atoms with van der Waals surface area (Å²) in [5.41, 5.74) is 3.05. The maximum absolute atomic E-state index is 15.6. The van der Waals surface area contributed by atoms with E-state index in [4.69, 9.17) is 9.47 Å². The summed E-state index contributed by atoms with van der Waals surface area (Å²) in [4.78, 5) is 31.2. The summed E-state index contributed by atoms with van der Waals surface area (Å²) in [5, 5.41) is 2.59. The molecule has 4 heteroatoms. The second kappa shape index (κ2) is 16.4. The topological polar surface area (TPSA) is 52.6 Å². The third-order valence-corrected chi connectivity index (χ3v) is 11.6. The van der Waals surface area contributed by atoms with Gasteiger partial charge in [0.2, 0.25) is 0 Å². The quantitative estimate of drug-likeness (QED) is 0.0568. The van der Waals surface area contributed by atoms with Crippen LogP contribution >= 0.6 is 0 Å². The molecule has 0 aliphatic rings. The monoisotopic (exact) mass is 778 g/mol. The smallest absolute Gasteiger partial charge is 0.331 e. The standard InChI is InChI=1S/C56H42O4/c1-2-40-37-38-49-50(39-40)52(60-54(58)56(44-29-15-6-16-30-44,45-31-17-7-18-32-45)46-33-19-8-20-34-46)48-36-22-21-35-47(48)51(49)59-53(57)55(41-23-9-3-10-24-41,42-25-11-4-12-26-42)43-27-13-5-14-28-43/h3-39H,2H2,1H3. The summed E-state index contributed by atoms with van der Waals surface area (Å²) in [5.74, 6) is -0.132. The highest BCUT2D eigenvalue weighted by atomic mass is 16.5. The van der Waals surface area contributed by atoms with Gasteiger partial charge in [-0.2, -0.15) is 0 Å². The van der Waals surface area contributed by atoms with Crippen LogP contribution in [-0.2, 0) is 26.8 Å². The van der Waals surface area contributed by atoms with Crippen molar-refractivity contribution in [3.8, 4) is 11.5 Å². The normalized spacial score (nSPS) is 11.6. The van der Waals surface area contributed by atoms with Crippen molar-refractivity contribution >= 4 is 33.5 Å². The lowest BCUT2D eigenvalue weighted by Gasteiger charge is -2.34. The first kappa shape index (κ1) is 38.0. The first-order chi connectivity index (χ1) is 29.6. The van der Waals surface area contributed by atoms with Crippen LogP contribution in [0.25, 0.3) is 21.5 Å². The van der Waals surface area contributed by atoms with Gasteiger partial charge in [-0.25, -0.2) is 9.59 Å². The van der Waals surface area contributed by atoms with E-state index in [1.54, 1.807) is 0 Å². The van der Waals surface area contributed by atoms with Crippen LogP contribution in [0.4, 0.5) is 0 Å². The molecule has 0 fully saturated rings. The Labute approximate surface area is 350 Å². The first-order valence-electron chi connectivity index (χ1n) is 20.3. The van der Waals surface area contributed by atoms with Gasteiger partial charge < -0.3 is 9.47 Å². The minimum atomic E-state index is -1.33. The van der Waals surface area contributed by atoms with Crippen molar-refractivity contribution in [1.82, 2.24) is 0 Å². The van der Waals surface area contributed by atoms with Gasteiger partial charge in [0.15, 0.2) is 0 Å². The Morgan fingerprint density at radius 3 is 0.917 bits per heavy atom. The molecule has 0 atom stereocenters. The van der Waals surface area contributed by atoms with Gasteiger partial charge in [-0.1, -0.05) is 225 Å². The molecule has 0 bridgehead atoms. The molecule has 290 valence electrons. The van der Waals surface area contributed by atoms with E-state index in [2.05, 4.69) is 13.0 Å². The third kappa shape index (κ3) is 6.43. The van der Waals surface area contributed by atoms with Gasteiger partial charge in [0.25, 0.3) is 0 Å². The first-order valence-corrected chi connectivity index (χ1v) is 20.3. The molecule has 4 nitrogen and oxygen atoms in total. The molecule has 0 spiro atoms. The Morgan fingerprint density at radius 2 is 0.617 bits per heavy atom. The van der Waals surface area contributed by atoms with Crippen LogP contribution in [0.1, 0.15) is 45.9 Å². The molecule has 0 amide bonds. The molecule has 9 aromatic carbocycles. The molecule has 0 N–H and O–H groups in total. The van der Waals surface area contributed by atoms with Gasteiger partial charge in [-0.15, -0.1) is 0 Å². The molecule has 0 heterocycles. The fraction of sp³-hybridized carbons (Fsp3) is 0.0714. The summed E-state index contributed by atoms with van der Waals surface area (Å²) in [6, 6.07) is 72.6. The van der Waals surface area contributed by atoms with E-state index in [0.29, 0.717) is 33.0 Å². The second-order valence-electron chi connectivity index (χ2n) is 14.9. The number of carbonyl (C=O) groups excluding carboxylic acids is 2. The molecule has 0 aliphatic heterocycles. The van der Waals surface area contributed by atoms with Gasteiger partial charge in [-0.05, 0) is 51.4 Å². The molecule has 9 aromatic rings. The summed E-state index contributed by atoms with van der Waals surface area (Å²) in [6.07, 6.45) is 0.742. The maximum Gasteiger partial charge on any atom is 0.331 e. The Morgan fingerprint density at radius 1 is 0.350 bits per heavy atom. The zero-order valence-electron chi connectivity index (χ0n) is 33.2. The zero-order chi connectivity index (χ0) is 40.9. The maximum atomic E-state index is 15.6. The van der Waals surface area contributed by atoms with Crippen LogP contribution in [0.2, 0.25) is 0 Å². The molecule has 60 heavy (non-hydrogen) atoms. The molecular weight excluding hydrogens is 737 g/mol. The van der Waals surface area contributed by atoms with Gasteiger partial charge >= 0.3 is 11.9 Å². The number of ether oxygens (including phenoxy) is 2. The minimum Gasteiger partial charge on any atom is -0.424 e. The highest BCUT2D eigenvalue weighted by Gasteiger charge is 2.48. The number of carbonyl (C=O) groups is 2. The van der Waals surface area contributed by atoms with E-state index < -0.39 is 22.8 Å².